The SMILES string of the molecule is COC(=O)COc1ccc(NC(=O)C2CCN(c3cc(F)cc(F)c3)C2=O)c(C)c1. The number of carbonyl (C=O) groups is 3. The quantitative estimate of drug-likeness (QED) is 0.576. The van der Waals surface area contributed by atoms with Gasteiger partial charge >= 0.3 is 5.97 Å². The number of halogens is 2. The first kappa shape index (κ1) is 21.2. The molecule has 1 N–H and O–H groups in total. The van der Waals surface area contributed by atoms with E-state index < -0.39 is 35.3 Å². The highest BCUT2D eigenvalue weighted by Crippen LogP contribution is 2.28. The number of ether oxygens (including phenoxy) is 2. The number of rotatable bonds is 6. The Bertz CT molecular complexity index is 975. The van der Waals surface area contributed by atoms with Crippen LogP contribution in [0.2, 0.25) is 0 Å². The molecule has 1 aliphatic rings. The Kier molecular flexibility index (Phi) is 6.29. The molecule has 2 aromatic carbocycles. The molecule has 0 saturated carbocycles. The topological polar surface area (TPSA) is 84.9 Å². The molecule has 1 saturated heterocycles. The molecule has 158 valence electrons. The van der Waals surface area contributed by atoms with Crippen molar-refractivity contribution in [2.24, 2.45) is 5.92 Å². The molecule has 1 aliphatic heterocycles. The zero-order chi connectivity index (χ0) is 21.8. The fourth-order valence-corrected chi connectivity index (χ4v) is 3.16. The van der Waals surface area contributed by atoms with Gasteiger partial charge in [-0.1, -0.05) is 0 Å². The highest BCUT2D eigenvalue weighted by Gasteiger charge is 2.38. The molecule has 30 heavy (non-hydrogen) atoms. The Balaban J connectivity index is 1.66. The van der Waals surface area contributed by atoms with Gasteiger partial charge in [-0.2, -0.15) is 0 Å². The lowest BCUT2D eigenvalue weighted by Gasteiger charge is -2.17. The van der Waals surface area contributed by atoms with Gasteiger partial charge in [0.25, 0.3) is 0 Å². The molecule has 1 fully saturated rings. The molecule has 1 heterocycles. The van der Waals surface area contributed by atoms with Gasteiger partial charge in [0.2, 0.25) is 11.8 Å². The van der Waals surface area contributed by atoms with E-state index in [-0.39, 0.29) is 25.3 Å². The number of carbonyl (C=O) groups excluding carboxylic acids is 3. The summed E-state index contributed by atoms with van der Waals surface area (Å²) in [6, 6.07) is 7.63. The van der Waals surface area contributed by atoms with Gasteiger partial charge in [0.05, 0.1) is 7.11 Å². The molecule has 0 bridgehead atoms. The Morgan fingerprint density at radius 3 is 2.50 bits per heavy atom. The number of amides is 2. The van der Waals surface area contributed by atoms with E-state index in [1.54, 1.807) is 25.1 Å². The second-order valence-corrected chi connectivity index (χ2v) is 6.79. The highest BCUT2D eigenvalue weighted by molar-refractivity contribution is 6.13. The van der Waals surface area contributed by atoms with E-state index in [2.05, 4.69) is 10.1 Å². The molecular formula is C21H20F2N2O5. The van der Waals surface area contributed by atoms with Gasteiger partial charge in [-0.25, -0.2) is 13.6 Å². The number of aryl methyl sites for hydroxylation is 1. The zero-order valence-electron chi connectivity index (χ0n) is 16.4. The summed E-state index contributed by atoms with van der Waals surface area (Å²) in [6.07, 6.45) is 0.224. The number of nitrogens with zero attached hydrogens (tertiary/aromatic N) is 1. The minimum atomic E-state index is -0.967. The maximum atomic E-state index is 13.5. The molecule has 0 spiro atoms. The van der Waals surface area contributed by atoms with Crippen molar-refractivity contribution in [3.8, 4) is 5.75 Å². The number of hydrogen-bond donors (Lipinski definition) is 1. The van der Waals surface area contributed by atoms with Gasteiger partial charge in [-0.15, -0.1) is 0 Å². The second-order valence-electron chi connectivity index (χ2n) is 6.79. The maximum absolute atomic E-state index is 13.5. The minimum Gasteiger partial charge on any atom is -0.482 e. The van der Waals surface area contributed by atoms with E-state index in [0.29, 0.717) is 17.0 Å². The van der Waals surface area contributed by atoms with Crippen LogP contribution in [-0.4, -0.2) is 38.0 Å². The number of benzene rings is 2. The molecule has 9 heteroatoms. The van der Waals surface area contributed by atoms with E-state index in [1.165, 1.54) is 12.0 Å². The smallest absolute Gasteiger partial charge is 0.343 e. The molecular weight excluding hydrogens is 398 g/mol. The van der Waals surface area contributed by atoms with E-state index in [0.717, 1.165) is 18.2 Å². The van der Waals surface area contributed by atoms with Gasteiger partial charge in [-0.3, -0.25) is 9.59 Å². The predicted octanol–water partition coefficient (Wildman–Crippen LogP) is 2.82. The number of anilines is 2. The van der Waals surface area contributed by atoms with Crippen LogP contribution in [0.15, 0.2) is 36.4 Å². The summed E-state index contributed by atoms with van der Waals surface area (Å²) in [5.41, 5.74) is 1.23. The van der Waals surface area contributed by atoms with Crippen LogP contribution in [0.5, 0.6) is 5.75 Å². The lowest BCUT2D eigenvalue weighted by Crippen LogP contribution is -2.33. The lowest BCUT2D eigenvalue weighted by atomic mass is 10.1. The van der Waals surface area contributed by atoms with Crippen LogP contribution in [0.25, 0.3) is 0 Å². The van der Waals surface area contributed by atoms with Gasteiger partial charge in [0.1, 0.15) is 23.3 Å². The van der Waals surface area contributed by atoms with E-state index in [1.807, 2.05) is 0 Å². The van der Waals surface area contributed by atoms with Crippen molar-refractivity contribution in [2.75, 3.05) is 30.5 Å². The average molecular weight is 418 g/mol. The summed E-state index contributed by atoms with van der Waals surface area (Å²) in [5, 5.41) is 2.70. The first-order valence-electron chi connectivity index (χ1n) is 9.17. The van der Waals surface area contributed by atoms with E-state index in [9.17, 15) is 23.2 Å². The number of nitrogens with one attached hydrogen (secondary N) is 1. The number of methoxy groups -OCH3 is 1. The molecule has 3 rings (SSSR count). The van der Waals surface area contributed by atoms with Crippen LogP contribution in [-0.2, 0) is 19.1 Å². The number of hydrogen-bond acceptors (Lipinski definition) is 5. The fraction of sp³-hybridized carbons (Fsp3) is 0.286. The van der Waals surface area contributed by atoms with Crippen molar-refractivity contribution in [3.63, 3.8) is 0 Å². The summed E-state index contributed by atoms with van der Waals surface area (Å²) in [4.78, 5) is 37.6. The van der Waals surface area contributed by atoms with Gasteiger partial charge in [-0.05, 0) is 49.2 Å². The third-order valence-corrected chi connectivity index (χ3v) is 4.72. The third-order valence-electron chi connectivity index (χ3n) is 4.72. The van der Waals surface area contributed by atoms with Crippen molar-refractivity contribution in [1.82, 2.24) is 0 Å². The lowest BCUT2D eigenvalue weighted by molar-refractivity contribution is -0.143. The molecule has 2 amide bonds. The Morgan fingerprint density at radius 1 is 1.17 bits per heavy atom. The van der Waals surface area contributed by atoms with Crippen molar-refractivity contribution in [2.45, 2.75) is 13.3 Å². The highest BCUT2D eigenvalue weighted by atomic mass is 19.1. The van der Waals surface area contributed by atoms with Gasteiger partial charge < -0.3 is 19.7 Å². The van der Waals surface area contributed by atoms with Crippen molar-refractivity contribution in [1.29, 1.82) is 0 Å². The van der Waals surface area contributed by atoms with Crippen molar-refractivity contribution < 1.29 is 32.6 Å². The standard InChI is InChI=1S/C21H20F2N2O5/c1-12-7-16(30-11-19(26)29-2)3-4-18(12)24-20(27)17-5-6-25(21(17)28)15-9-13(22)8-14(23)10-15/h3-4,7-10,17H,5-6,11H2,1-2H3,(H,24,27). The summed E-state index contributed by atoms with van der Waals surface area (Å²) in [6.45, 7) is 1.67. The summed E-state index contributed by atoms with van der Waals surface area (Å²) >= 11 is 0. The Morgan fingerprint density at radius 2 is 1.87 bits per heavy atom. The first-order valence-corrected chi connectivity index (χ1v) is 9.17. The molecule has 0 radical (unpaired) electrons. The van der Waals surface area contributed by atoms with Crippen molar-refractivity contribution in [3.05, 3.63) is 53.6 Å². The molecule has 1 unspecified atom stereocenters. The van der Waals surface area contributed by atoms with Crippen LogP contribution in [0.3, 0.4) is 0 Å². The first-order chi connectivity index (χ1) is 14.3. The van der Waals surface area contributed by atoms with E-state index >= 15 is 0 Å². The fourth-order valence-electron chi connectivity index (χ4n) is 3.16. The molecule has 7 nitrogen and oxygen atoms in total. The summed E-state index contributed by atoms with van der Waals surface area (Å²) in [7, 11) is 1.26. The molecule has 0 aliphatic carbocycles. The summed E-state index contributed by atoms with van der Waals surface area (Å²) in [5.74, 6) is -3.68. The maximum Gasteiger partial charge on any atom is 0.343 e. The normalized spacial score (nSPS) is 15.8. The molecule has 2 aromatic rings. The average Bonchev–Trinajstić information content (AvgIpc) is 3.08. The monoisotopic (exact) mass is 418 g/mol. The molecule has 1 atom stereocenters. The predicted molar refractivity (Wildman–Crippen MR) is 104 cm³/mol. The van der Waals surface area contributed by atoms with Gasteiger partial charge in [0, 0.05) is 24.0 Å². The number of esters is 1. The second kappa shape index (κ2) is 8.89. The minimum absolute atomic E-state index is 0.0797. The Hall–Kier alpha value is -3.49. The van der Waals surface area contributed by atoms with Crippen LogP contribution in [0.4, 0.5) is 20.2 Å². The van der Waals surface area contributed by atoms with Crippen LogP contribution in [0.1, 0.15) is 12.0 Å². The van der Waals surface area contributed by atoms with E-state index in [4.69, 9.17) is 4.74 Å². The van der Waals surface area contributed by atoms with Gasteiger partial charge in [0.15, 0.2) is 6.61 Å². The van der Waals surface area contributed by atoms with Crippen LogP contribution < -0.4 is 15.0 Å². The van der Waals surface area contributed by atoms with Crippen LogP contribution in [0, 0.1) is 24.5 Å². The largest absolute Gasteiger partial charge is 0.482 e. The van der Waals surface area contributed by atoms with Crippen molar-refractivity contribution >= 4 is 29.2 Å². The van der Waals surface area contributed by atoms with Crippen LogP contribution >= 0.6 is 0 Å². The third kappa shape index (κ3) is 4.73. The summed E-state index contributed by atoms with van der Waals surface area (Å²) < 4.78 is 36.7. The molecule has 0 aromatic heterocycles. The Labute approximate surface area is 171 Å². The zero-order valence-corrected chi connectivity index (χ0v) is 16.4.